The molecule has 11 rings (SSSR count). The molecule has 0 amide bonds. The predicted octanol–water partition coefficient (Wildman–Crippen LogP) is 13.2. The van der Waals surface area contributed by atoms with Gasteiger partial charge in [0.1, 0.15) is 11.2 Å². The molecule has 56 heavy (non-hydrogen) atoms. The van der Waals surface area contributed by atoms with E-state index in [0.717, 1.165) is 33.1 Å². The molecule has 0 saturated carbocycles. The molecular formula is C51H32N4O. The standard InChI is InChI=1S/C51H32N4O/c1-4-16-33(17-5-1)37-31-42(34-18-6-2-7-19-34)48-43(32-37)47-41(26-15-29-46(47)56-48)51-53-49(35-20-8-3-9-21-35)52-50(54-51)36-22-14-23-38(30-36)55-44-27-12-10-24-39(44)40-25-11-13-28-45(40)55/h1-32H/i1D,2D,4D,5D,6D,7D,16D,17D,18D,19D. The van der Waals surface area contributed by atoms with Crippen molar-refractivity contribution in [2.45, 2.75) is 0 Å². The molecule has 3 aromatic heterocycles. The Morgan fingerprint density at radius 1 is 0.429 bits per heavy atom. The molecule has 0 aliphatic carbocycles. The van der Waals surface area contributed by atoms with Gasteiger partial charge in [0, 0.05) is 49.5 Å². The Bertz CT molecular complexity index is 3740. The summed E-state index contributed by atoms with van der Waals surface area (Å²) in [6.45, 7) is 0. The van der Waals surface area contributed by atoms with E-state index in [4.69, 9.17) is 33.1 Å². The van der Waals surface area contributed by atoms with E-state index in [1.807, 2.05) is 84.9 Å². The number of aromatic nitrogens is 4. The van der Waals surface area contributed by atoms with Crippen molar-refractivity contribution in [1.82, 2.24) is 19.5 Å². The van der Waals surface area contributed by atoms with Crippen LogP contribution >= 0.6 is 0 Å². The van der Waals surface area contributed by atoms with Crippen molar-refractivity contribution >= 4 is 43.7 Å². The van der Waals surface area contributed by atoms with Gasteiger partial charge in [-0.1, -0.05) is 151 Å². The highest BCUT2D eigenvalue weighted by Gasteiger charge is 2.21. The highest BCUT2D eigenvalue weighted by Crippen LogP contribution is 2.43. The van der Waals surface area contributed by atoms with E-state index in [9.17, 15) is 0 Å². The van der Waals surface area contributed by atoms with Gasteiger partial charge >= 0.3 is 0 Å². The maximum absolute atomic E-state index is 8.96. The Morgan fingerprint density at radius 2 is 1.04 bits per heavy atom. The molecule has 0 bridgehead atoms. The van der Waals surface area contributed by atoms with Crippen LogP contribution in [0, 0.1) is 0 Å². The highest BCUT2D eigenvalue weighted by atomic mass is 16.3. The Morgan fingerprint density at radius 3 is 1.77 bits per heavy atom. The van der Waals surface area contributed by atoms with E-state index in [1.165, 1.54) is 6.07 Å². The van der Waals surface area contributed by atoms with Crippen LogP contribution in [0.15, 0.2) is 198 Å². The van der Waals surface area contributed by atoms with E-state index in [0.29, 0.717) is 39.1 Å². The fourth-order valence-electron chi connectivity index (χ4n) is 7.55. The Kier molecular flexibility index (Phi) is 5.41. The van der Waals surface area contributed by atoms with E-state index in [-0.39, 0.29) is 33.7 Å². The summed E-state index contributed by atoms with van der Waals surface area (Å²) in [7, 11) is 0. The number of nitrogens with zero attached hydrogens (tertiary/aromatic N) is 4. The molecule has 0 radical (unpaired) electrons. The van der Waals surface area contributed by atoms with Crippen LogP contribution in [0.2, 0.25) is 0 Å². The lowest BCUT2D eigenvalue weighted by Gasteiger charge is -2.12. The molecule has 0 fully saturated rings. The summed E-state index contributed by atoms with van der Waals surface area (Å²) in [5.41, 5.74) is 5.30. The van der Waals surface area contributed by atoms with E-state index < -0.39 is 60.4 Å². The van der Waals surface area contributed by atoms with Gasteiger partial charge < -0.3 is 8.98 Å². The van der Waals surface area contributed by atoms with Crippen molar-refractivity contribution in [2.75, 3.05) is 0 Å². The maximum atomic E-state index is 8.96. The minimum Gasteiger partial charge on any atom is -0.455 e. The Balaban J connectivity index is 1.20. The normalized spacial score (nSPS) is 14.1. The second-order valence-electron chi connectivity index (χ2n) is 13.3. The van der Waals surface area contributed by atoms with Gasteiger partial charge in [-0.25, -0.2) is 15.0 Å². The maximum Gasteiger partial charge on any atom is 0.164 e. The lowest BCUT2D eigenvalue weighted by Crippen LogP contribution is -2.01. The molecule has 0 spiro atoms. The van der Waals surface area contributed by atoms with Crippen LogP contribution in [-0.2, 0) is 0 Å². The number of fused-ring (bicyclic) bond motifs is 6. The third-order valence-corrected chi connectivity index (χ3v) is 10.0. The van der Waals surface area contributed by atoms with Gasteiger partial charge in [0.05, 0.1) is 24.7 Å². The lowest BCUT2D eigenvalue weighted by molar-refractivity contribution is 0.670. The average Bonchev–Trinajstić information content (AvgIpc) is 3.90. The number of para-hydroxylation sites is 2. The summed E-state index contributed by atoms with van der Waals surface area (Å²) in [6.07, 6.45) is 0. The van der Waals surface area contributed by atoms with Gasteiger partial charge in [-0.3, -0.25) is 0 Å². The second kappa shape index (κ2) is 13.0. The first-order valence-electron chi connectivity index (χ1n) is 23.0. The summed E-state index contributed by atoms with van der Waals surface area (Å²) >= 11 is 0. The highest BCUT2D eigenvalue weighted by molar-refractivity contribution is 6.16. The van der Waals surface area contributed by atoms with Crippen LogP contribution < -0.4 is 0 Å². The molecule has 0 atom stereocenters. The molecule has 0 unspecified atom stereocenters. The molecule has 5 heteroatoms. The third-order valence-electron chi connectivity index (χ3n) is 10.0. The van der Waals surface area contributed by atoms with Gasteiger partial charge in [0.15, 0.2) is 17.5 Å². The average molecular weight is 727 g/mol. The van der Waals surface area contributed by atoms with Crippen LogP contribution in [0.1, 0.15) is 13.7 Å². The molecule has 3 heterocycles. The third kappa shape index (κ3) is 5.29. The minimum absolute atomic E-state index is 0.0663. The summed E-state index contributed by atoms with van der Waals surface area (Å²) in [5, 5.41) is 3.09. The van der Waals surface area contributed by atoms with Crippen LogP contribution in [0.3, 0.4) is 0 Å². The largest absolute Gasteiger partial charge is 0.455 e. The zero-order chi connectivity index (χ0) is 45.7. The van der Waals surface area contributed by atoms with Crippen LogP contribution in [0.5, 0.6) is 0 Å². The number of benzene rings is 8. The van der Waals surface area contributed by atoms with Crippen molar-refractivity contribution in [3.63, 3.8) is 0 Å². The molecule has 5 nitrogen and oxygen atoms in total. The second-order valence-corrected chi connectivity index (χ2v) is 13.3. The van der Waals surface area contributed by atoms with Gasteiger partial charge in [-0.05, 0) is 59.2 Å². The Hall–Kier alpha value is -7.63. The summed E-state index contributed by atoms with van der Waals surface area (Å²) in [4.78, 5) is 15.2. The number of rotatable bonds is 6. The minimum atomic E-state index is -0.584. The molecule has 0 aliphatic heterocycles. The topological polar surface area (TPSA) is 56.7 Å². The van der Waals surface area contributed by atoms with Crippen LogP contribution in [0.25, 0.3) is 106 Å². The summed E-state index contributed by atoms with van der Waals surface area (Å²) in [6, 6.07) is 37.1. The lowest BCUT2D eigenvalue weighted by atomic mass is 9.95. The molecule has 0 aliphatic rings. The summed E-state index contributed by atoms with van der Waals surface area (Å²) in [5.74, 6) is 1.04. The molecule has 8 aromatic carbocycles. The van der Waals surface area contributed by atoms with E-state index in [2.05, 4.69) is 28.8 Å². The van der Waals surface area contributed by atoms with E-state index >= 15 is 0 Å². The first-order chi connectivity index (χ1) is 31.9. The number of furan rings is 1. The zero-order valence-electron chi connectivity index (χ0n) is 39.4. The molecule has 0 N–H and O–H groups in total. The fourth-order valence-corrected chi connectivity index (χ4v) is 7.55. The van der Waals surface area contributed by atoms with Crippen LogP contribution in [-0.4, -0.2) is 19.5 Å². The zero-order valence-corrected chi connectivity index (χ0v) is 29.4. The van der Waals surface area contributed by atoms with Gasteiger partial charge in [0.25, 0.3) is 0 Å². The quantitative estimate of drug-likeness (QED) is 0.171. The smallest absolute Gasteiger partial charge is 0.164 e. The van der Waals surface area contributed by atoms with Crippen LogP contribution in [0.4, 0.5) is 0 Å². The Labute approximate surface area is 336 Å². The van der Waals surface area contributed by atoms with Gasteiger partial charge in [-0.2, -0.15) is 0 Å². The van der Waals surface area contributed by atoms with Crippen molar-refractivity contribution in [3.8, 4) is 62.1 Å². The van der Waals surface area contributed by atoms with Gasteiger partial charge in [0.2, 0.25) is 0 Å². The van der Waals surface area contributed by atoms with Crippen molar-refractivity contribution in [3.05, 3.63) is 194 Å². The molecule has 0 saturated heterocycles. The molecule has 262 valence electrons. The van der Waals surface area contributed by atoms with Crippen molar-refractivity contribution < 1.29 is 18.1 Å². The summed E-state index contributed by atoms with van der Waals surface area (Å²) < 4.78 is 95.1. The first kappa shape index (κ1) is 23.2. The SMILES string of the molecule is [2H]c1c([2H])c([2H])c(-c2cc(-c3c([2H])c([2H])c([2H])c([2H])c3[2H])c3oc4cccc(-c5nc(-c6ccccc6)nc(-c6cccc(-n7c8ccccc8c8ccccc87)c6)n5)c4c3c2)c([2H])c1[2H]. The van der Waals surface area contributed by atoms with Crippen molar-refractivity contribution in [2.24, 2.45) is 0 Å². The fraction of sp³-hybridized carbons (Fsp3) is 0. The molecular weight excluding hydrogens is 685 g/mol. The first-order valence-corrected chi connectivity index (χ1v) is 18.0. The predicted molar refractivity (Wildman–Crippen MR) is 229 cm³/mol. The van der Waals surface area contributed by atoms with Crippen molar-refractivity contribution in [1.29, 1.82) is 0 Å². The monoisotopic (exact) mass is 726 g/mol. The van der Waals surface area contributed by atoms with E-state index in [1.54, 1.807) is 18.2 Å². The number of hydrogen-bond donors (Lipinski definition) is 0. The van der Waals surface area contributed by atoms with Gasteiger partial charge in [-0.15, -0.1) is 0 Å². The number of hydrogen-bond acceptors (Lipinski definition) is 4. The molecule has 11 aromatic rings.